The summed E-state index contributed by atoms with van der Waals surface area (Å²) in [6.07, 6.45) is 1.47. The number of rotatable bonds is 4. The highest BCUT2D eigenvalue weighted by Crippen LogP contribution is 2.28. The van der Waals surface area contributed by atoms with E-state index in [1.807, 2.05) is 20.8 Å². The summed E-state index contributed by atoms with van der Waals surface area (Å²) in [7, 11) is 0. The number of carbonyl (C=O) groups is 1. The Morgan fingerprint density at radius 2 is 2.21 bits per heavy atom. The van der Waals surface area contributed by atoms with Gasteiger partial charge in [-0.05, 0) is 32.9 Å². The van der Waals surface area contributed by atoms with Crippen LogP contribution >= 0.6 is 11.3 Å². The van der Waals surface area contributed by atoms with E-state index >= 15 is 0 Å². The molecule has 0 fully saturated rings. The number of pyridine rings is 1. The summed E-state index contributed by atoms with van der Waals surface area (Å²) in [5.74, 6) is -1.03. The smallest absolute Gasteiger partial charge is 0.356 e. The summed E-state index contributed by atoms with van der Waals surface area (Å²) < 4.78 is 0. The zero-order chi connectivity index (χ0) is 14.0. The molecule has 2 aromatic rings. The highest BCUT2D eigenvalue weighted by atomic mass is 32.1. The van der Waals surface area contributed by atoms with Gasteiger partial charge in [-0.15, -0.1) is 11.3 Å². The van der Waals surface area contributed by atoms with Gasteiger partial charge >= 0.3 is 5.97 Å². The van der Waals surface area contributed by atoms with Gasteiger partial charge in [-0.1, -0.05) is 0 Å². The monoisotopic (exact) mass is 277 g/mol. The van der Waals surface area contributed by atoms with E-state index < -0.39 is 5.97 Å². The predicted molar refractivity (Wildman–Crippen MR) is 74.8 cm³/mol. The van der Waals surface area contributed by atoms with Crippen molar-refractivity contribution in [1.29, 1.82) is 0 Å². The Bertz CT molecular complexity index is 610. The van der Waals surface area contributed by atoms with E-state index in [2.05, 4.69) is 15.3 Å². The molecule has 0 aliphatic heterocycles. The molecule has 0 amide bonds. The van der Waals surface area contributed by atoms with Crippen LogP contribution in [0.2, 0.25) is 0 Å². The Morgan fingerprint density at radius 3 is 2.79 bits per heavy atom. The molecule has 0 aromatic carbocycles. The summed E-state index contributed by atoms with van der Waals surface area (Å²) in [5.41, 5.74) is 1.53. The number of hydrogen-bond acceptors (Lipinski definition) is 5. The molecule has 0 saturated carbocycles. The molecular weight excluding hydrogens is 262 g/mol. The van der Waals surface area contributed by atoms with Crippen LogP contribution < -0.4 is 5.32 Å². The maximum atomic E-state index is 11.1. The fourth-order valence-corrected chi connectivity index (χ4v) is 2.87. The molecule has 1 atom stereocenters. The number of carboxylic acids is 1. The van der Waals surface area contributed by atoms with E-state index in [1.54, 1.807) is 23.5 Å². The average Bonchev–Trinajstić information content (AvgIpc) is 2.69. The number of anilines is 1. The van der Waals surface area contributed by atoms with Gasteiger partial charge in [0.1, 0.15) is 0 Å². The van der Waals surface area contributed by atoms with Crippen molar-refractivity contribution in [3.05, 3.63) is 39.6 Å². The van der Waals surface area contributed by atoms with Gasteiger partial charge in [0.25, 0.3) is 0 Å². The average molecular weight is 277 g/mol. The molecule has 2 heterocycles. The summed E-state index contributed by atoms with van der Waals surface area (Å²) in [4.78, 5) is 20.5. The van der Waals surface area contributed by atoms with Gasteiger partial charge < -0.3 is 10.4 Å². The lowest BCUT2D eigenvalue weighted by Gasteiger charge is -2.15. The first-order valence-corrected chi connectivity index (χ1v) is 6.69. The highest BCUT2D eigenvalue weighted by Gasteiger charge is 2.16. The van der Waals surface area contributed by atoms with Gasteiger partial charge in [-0.3, -0.25) is 0 Å². The highest BCUT2D eigenvalue weighted by molar-refractivity contribution is 7.11. The zero-order valence-corrected chi connectivity index (χ0v) is 11.8. The molecule has 0 radical (unpaired) electrons. The van der Waals surface area contributed by atoms with E-state index in [0.717, 1.165) is 15.6 Å². The van der Waals surface area contributed by atoms with Crippen LogP contribution in [0.15, 0.2) is 18.3 Å². The Kier molecular flexibility index (Phi) is 3.80. The Morgan fingerprint density at radius 1 is 1.47 bits per heavy atom. The fourth-order valence-electron chi connectivity index (χ4n) is 1.94. The molecule has 2 aromatic heterocycles. The van der Waals surface area contributed by atoms with Crippen molar-refractivity contribution in [2.24, 2.45) is 0 Å². The SMILES string of the molecule is Cc1nc(C)c(C(C)Nc2cccnc2C(=O)O)s1. The first kappa shape index (κ1) is 13.5. The summed E-state index contributed by atoms with van der Waals surface area (Å²) in [6, 6.07) is 3.43. The quantitative estimate of drug-likeness (QED) is 0.898. The van der Waals surface area contributed by atoms with Crippen LogP contribution in [0, 0.1) is 13.8 Å². The van der Waals surface area contributed by atoms with Crippen molar-refractivity contribution in [1.82, 2.24) is 9.97 Å². The van der Waals surface area contributed by atoms with E-state index in [-0.39, 0.29) is 11.7 Å². The number of aromatic carboxylic acids is 1. The molecule has 2 rings (SSSR count). The van der Waals surface area contributed by atoms with Gasteiger partial charge in [0, 0.05) is 11.1 Å². The molecule has 6 heteroatoms. The lowest BCUT2D eigenvalue weighted by molar-refractivity contribution is 0.0691. The van der Waals surface area contributed by atoms with Crippen LogP contribution in [0.1, 0.15) is 39.0 Å². The minimum absolute atomic E-state index is 0.00602. The van der Waals surface area contributed by atoms with Crippen molar-refractivity contribution in [2.45, 2.75) is 26.8 Å². The van der Waals surface area contributed by atoms with Gasteiger partial charge in [-0.2, -0.15) is 0 Å². The molecule has 0 spiro atoms. The number of thiazole rings is 1. The molecule has 1 unspecified atom stereocenters. The van der Waals surface area contributed by atoms with Crippen LogP contribution in [-0.2, 0) is 0 Å². The summed E-state index contributed by atoms with van der Waals surface area (Å²) >= 11 is 1.61. The number of aromatic nitrogens is 2. The van der Waals surface area contributed by atoms with Crippen LogP contribution in [0.25, 0.3) is 0 Å². The summed E-state index contributed by atoms with van der Waals surface area (Å²) in [6.45, 7) is 5.90. The number of aryl methyl sites for hydroxylation is 2. The number of nitrogens with one attached hydrogen (secondary N) is 1. The second-order valence-corrected chi connectivity index (χ2v) is 5.49. The van der Waals surface area contributed by atoms with Gasteiger partial charge in [0.15, 0.2) is 5.69 Å². The molecule has 2 N–H and O–H groups in total. The van der Waals surface area contributed by atoms with Gasteiger partial charge in [-0.25, -0.2) is 14.8 Å². The number of carboxylic acid groups (broad SMARTS) is 1. The minimum atomic E-state index is -1.03. The molecule has 100 valence electrons. The molecular formula is C13H15N3O2S. The van der Waals surface area contributed by atoms with Crippen LogP contribution in [-0.4, -0.2) is 21.0 Å². The third-order valence-corrected chi connectivity index (χ3v) is 3.97. The second kappa shape index (κ2) is 5.36. The zero-order valence-electron chi connectivity index (χ0n) is 11.0. The Balaban J connectivity index is 2.26. The van der Waals surface area contributed by atoms with Crippen molar-refractivity contribution in [2.75, 3.05) is 5.32 Å². The lowest BCUT2D eigenvalue weighted by Crippen LogP contribution is -2.11. The molecule has 0 aliphatic rings. The van der Waals surface area contributed by atoms with Crippen LogP contribution in [0.3, 0.4) is 0 Å². The largest absolute Gasteiger partial charge is 0.476 e. The van der Waals surface area contributed by atoms with Gasteiger partial charge in [0.2, 0.25) is 0 Å². The molecule has 5 nitrogen and oxygen atoms in total. The third kappa shape index (κ3) is 2.90. The predicted octanol–water partition coefficient (Wildman–Crippen LogP) is 3.03. The molecule has 0 aliphatic carbocycles. The number of hydrogen-bond donors (Lipinski definition) is 2. The molecule has 0 bridgehead atoms. The van der Waals surface area contributed by atoms with Crippen molar-refractivity contribution in [3.63, 3.8) is 0 Å². The van der Waals surface area contributed by atoms with E-state index in [4.69, 9.17) is 5.11 Å². The first-order valence-electron chi connectivity index (χ1n) is 5.88. The fraction of sp³-hybridized carbons (Fsp3) is 0.308. The van der Waals surface area contributed by atoms with E-state index in [9.17, 15) is 4.79 Å². The topological polar surface area (TPSA) is 75.1 Å². The Labute approximate surface area is 115 Å². The third-order valence-electron chi connectivity index (χ3n) is 2.71. The van der Waals surface area contributed by atoms with E-state index in [0.29, 0.717) is 5.69 Å². The molecule has 19 heavy (non-hydrogen) atoms. The lowest BCUT2D eigenvalue weighted by atomic mass is 10.2. The summed E-state index contributed by atoms with van der Waals surface area (Å²) in [5, 5.41) is 13.3. The second-order valence-electron chi connectivity index (χ2n) is 4.25. The standard InChI is InChI=1S/C13H15N3O2S/c1-7-12(19-9(3)15-7)8(2)16-10-5-4-6-14-11(10)13(17)18/h4-6,8,16H,1-3H3,(H,17,18). The van der Waals surface area contributed by atoms with E-state index in [1.165, 1.54) is 6.20 Å². The van der Waals surface area contributed by atoms with Crippen LogP contribution in [0.5, 0.6) is 0 Å². The maximum absolute atomic E-state index is 11.1. The van der Waals surface area contributed by atoms with Crippen LogP contribution in [0.4, 0.5) is 5.69 Å². The van der Waals surface area contributed by atoms with Gasteiger partial charge in [0.05, 0.1) is 22.4 Å². The first-order chi connectivity index (χ1) is 8.99. The minimum Gasteiger partial charge on any atom is -0.476 e. The normalized spacial score (nSPS) is 12.2. The van der Waals surface area contributed by atoms with Crippen molar-refractivity contribution < 1.29 is 9.90 Å². The number of nitrogens with zero attached hydrogens (tertiary/aromatic N) is 2. The maximum Gasteiger partial charge on any atom is 0.356 e. The van der Waals surface area contributed by atoms with Crippen molar-refractivity contribution in [3.8, 4) is 0 Å². The molecule has 0 saturated heterocycles. The Hall–Kier alpha value is -1.95. The van der Waals surface area contributed by atoms with Crippen molar-refractivity contribution >= 4 is 23.0 Å².